The van der Waals surface area contributed by atoms with E-state index in [9.17, 15) is 22.0 Å². The fourth-order valence-corrected chi connectivity index (χ4v) is 7.61. The van der Waals surface area contributed by atoms with Crippen molar-refractivity contribution in [3.8, 4) is 23.1 Å². The molecule has 3 aliphatic rings. The third-order valence-corrected chi connectivity index (χ3v) is 10.4. The Hall–Kier alpha value is -4.93. The van der Waals surface area contributed by atoms with E-state index < -0.39 is 52.9 Å². The number of pyridine rings is 2. The van der Waals surface area contributed by atoms with E-state index >= 15 is 4.39 Å². The van der Waals surface area contributed by atoms with Crippen LogP contribution >= 0.6 is 0 Å². The highest BCUT2D eigenvalue weighted by Gasteiger charge is 2.46. The number of fused-ring (bicyclic) bond motifs is 1. The highest BCUT2D eigenvalue weighted by molar-refractivity contribution is 6.02. The number of aryl methyl sites for hydroxylation is 1. The first-order valence-electron chi connectivity index (χ1n) is 17.0. The SMILES string of the molecule is Cc1cc2[nH]ncc2c(-c2nc3c4c(nc(OCC5(CN6CCC(F)C6)CC5)nc4c2F)N(C(C)c2cc(F)cnc2N)[C@@H](C)CO3)c1C(F)(F)F. The molecule has 2 unspecified atom stereocenters. The van der Waals surface area contributed by atoms with E-state index in [1.165, 1.54) is 25.3 Å². The van der Waals surface area contributed by atoms with Crippen LogP contribution in [-0.4, -0.2) is 80.1 Å². The third kappa shape index (κ3) is 5.87. The van der Waals surface area contributed by atoms with Crippen molar-refractivity contribution in [3.05, 3.63) is 52.9 Å². The molecule has 0 radical (unpaired) electrons. The van der Waals surface area contributed by atoms with Gasteiger partial charge in [0.1, 0.15) is 46.8 Å². The molecule has 3 N–H and O–H groups in total. The lowest BCUT2D eigenvalue weighted by molar-refractivity contribution is -0.137. The Bertz CT molecular complexity index is 2210. The van der Waals surface area contributed by atoms with Gasteiger partial charge in [-0.15, -0.1) is 0 Å². The van der Waals surface area contributed by atoms with E-state index in [2.05, 4.69) is 30.0 Å². The Morgan fingerprint density at radius 2 is 1.94 bits per heavy atom. The Kier molecular flexibility index (Phi) is 8.11. The molecule has 11 nitrogen and oxygen atoms in total. The van der Waals surface area contributed by atoms with Gasteiger partial charge >= 0.3 is 12.2 Å². The zero-order valence-corrected chi connectivity index (χ0v) is 28.5. The van der Waals surface area contributed by atoms with Crippen molar-refractivity contribution >= 4 is 33.4 Å². The number of nitrogens with two attached hydrogens (primary N) is 1. The smallest absolute Gasteiger partial charge is 0.417 e. The van der Waals surface area contributed by atoms with Gasteiger partial charge in [0.25, 0.3) is 0 Å². The maximum atomic E-state index is 17.2. The second kappa shape index (κ2) is 12.3. The number of nitrogens with one attached hydrogen (secondary N) is 1. The summed E-state index contributed by atoms with van der Waals surface area (Å²) in [5.41, 5.74) is 3.70. The fraction of sp³-hybridized carbons (Fsp3) is 0.457. The second-order valence-corrected chi connectivity index (χ2v) is 14.2. The van der Waals surface area contributed by atoms with Crippen molar-refractivity contribution < 1.29 is 35.8 Å². The van der Waals surface area contributed by atoms with Crippen LogP contribution in [0.25, 0.3) is 33.1 Å². The molecule has 274 valence electrons. The minimum absolute atomic E-state index is 0.000975. The van der Waals surface area contributed by atoms with E-state index in [-0.39, 0.29) is 69.5 Å². The average molecular weight is 728 g/mol. The number of alkyl halides is 4. The standard InChI is InChI=1S/C35H35F6N9O2/c1-16-8-23-22(11-44-48-23)24(26(16)35(39,40)41)28-27(38)29-25-31(47-33(46-29)52-15-34(5-6-34)14-49-7-4-19(36)12-49)50(17(2)13-51-32(25)45-28)18(3)21-9-20(37)10-43-30(21)42/h8-11,17-19H,4-7,12-15H2,1-3H3,(H2,42,43)(H,44,48)/t17-,18?,19?/m0/s1. The number of nitrogen functional groups attached to an aromatic ring is 1. The Labute approximate surface area is 293 Å². The number of nitrogens with zero attached hydrogens (tertiary/aromatic N) is 7. The number of aromatic nitrogens is 6. The van der Waals surface area contributed by atoms with E-state index in [4.69, 9.17) is 20.2 Å². The van der Waals surface area contributed by atoms with Crippen LogP contribution in [0.5, 0.6) is 11.9 Å². The van der Waals surface area contributed by atoms with Gasteiger partial charge in [-0.3, -0.25) is 10.00 Å². The predicted molar refractivity (Wildman–Crippen MR) is 180 cm³/mol. The number of ether oxygens (including phenoxy) is 2. The highest BCUT2D eigenvalue weighted by Crippen LogP contribution is 2.49. The lowest BCUT2D eigenvalue weighted by Gasteiger charge is -2.35. The molecule has 6 heterocycles. The number of H-pyrrole nitrogens is 1. The lowest BCUT2D eigenvalue weighted by Crippen LogP contribution is -2.39. The topological polar surface area (TPSA) is 131 Å². The second-order valence-electron chi connectivity index (χ2n) is 14.2. The molecule has 0 spiro atoms. The van der Waals surface area contributed by atoms with Gasteiger partial charge in [-0.05, 0) is 57.7 Å². The molecule has 8 rings (SSSR count). The molecule has 0 amide bonds. The summed E-state index contributed by atoms with van der Waals surface area (Å²) in [5, 5.41) is 6.58. The van der Waals surface area contributed by atoms with Crippen LogP contribution in [0.3, 0.4) is 0 Å². The third-order valence-electron chi connectivity index (χ3n) is 10.4. The molecule has 2 aliphatic heterocycles. The lowest BCUT2D eigenvalue weighted by atomic mass is 9.94. The zero-order valence-electron chi connectivity index (χ0n) is 28.5. The number of hydrogen-bond donors (Lipinski definition) is 2. The molecule has 1 saturated heterocycles. The number of benzene rings is 1. The Morgan fingerprint density at radius 1 is 1.15 bits per heavy atom. The number of rotatable bonds is 8. The van der Waals surface area contributed by atoms with Crippen LogP contribution < -0.4 is 20.1 Å². The summed E-state index contributed by atoms with van der Waals surface area (Å²) < 4.78 is 102. The van der Waals surface area contributed by atoms with Crippen molar-refractivity contribution in [1.82, 2.24) is 35.0 Å². The molecule has 2 fully saturated rings. The van der Waals surface area contributed by atoms with E-state index in [0.29, 0.717) is 31.6 Å². The minimum Gasteiger partial charge on any atom is -0.475 e. The van der Waals surface area contributed by atoms with E-state index in [1.807, 2.05) is 0 Å². The molecule has 0 bridgehead atoms. The summed E-state index contributed by atoms with van der Waals surface area (Å²) in [6, 6.07) is 1.06. The first kappa shape index (κ1) is 34.2. The Balaban J connectivity index is 1.32. The van der Waals surface area contributed by atoms with Crippen LogP contribution in [0.2, 0.25) is 0 Å². The maximum absolute atomic E-state index is 17.2. The molecule has 5 aromatic rings. The zero-order chi connectivity index (χ0) is 36.7. The van der Waals surface area contributed by atoms with Gasteiger partial charge in [0.2, 0.25) is 5.88 Å². The molecular formula is C35H35F6N9O2. The van der Waals surface area contributed by atoms with Crippen LogP contribution in [-0.2, 0) is 6.18 Å². The van der Waals surface area contributed by atoms with Crippen molar-refractivity contribution in [1.29, 1.82) is 0 Å². The molecule has 52 heavy (non-hydrogen) atoms. The summed E-state index contributed by atoms with van der Waals surface area (Å²) in [6.45, 7) is 6.47. The number of aromatic amines is 1. The summed E-state index contributed by atoms with van der Waals surface area (Å²) >= 11 is 0. The van der Waals surface area contributed by atoms with Gasteiger partial charge in [0.05, 0.1) is 42.2 Å². The van der Waals surface area contributed by atoms with Crippen molar-refractivity contribution in [2.24, 2.45) is 5.41 Å². The predicted octanol–water partition coefficient (Wildman–Crippen LogP) is 6.70. The number of hydrogen-bond acceptors (Lipinski definition) is 10. The fourth-order valence-electron chi connectivity index (χ4n) is 7.61. The quantitative estimate of drug-likeness (QED) is 0.167. The number of halogens is 6. The van der Waals surface area contributed by atoms with E-state index in [1.54, 1.807) is 18.7 Å². The summed E-state index contributed by atoms with van der Waals surface area (Å²) in [6.07, 6.45) is -1.48. The van der Waals surface area contributed by atoms with Gasteiger partial charge < -0.3 is 20.1 Å². The molecule has 4 aromatic heterocycles. The monoisotopic (exact) mass is 727 g/mol. The van der Waals surface area contributed by atoms with Crippen LogP contribution in [0.1, 0.15) is 55.8 Å². The van der Waals surface area contributed by atoms with Crippen LogP contribution in [0, 0.1) is 24.0 Å². The van der Waals surface area contributed by atoms with Crippen LogP contribution in [0.15, 0.2) is 24.5 Å². The van der Waals surface area contributed by atoms with Crippen molar-refractivity contribution in [3.63, 3.8) is 0 Å². The van der Waals surface area contributed by atoms with Gasteiger partial charge in [-0.25, -0.2) is 23.1 Å². The number of anilines is 2. The minimum atomic E-state index is -4.89. The van der Waals surface area contributed by atoms with Crippen molar-refractivity contribution in [2.75, 3.05) is 43.5 Å². The number of likely N-dealkylation sites (tertiary alicyclic amines) is 1. The first-order valence-corrected chi connectivity index (χ1v) is 17.0. The first-order chi connectivity index (χ1) is 24.7. The molecule has 1 aromatic carbocycles. The van der Waals surface area contributed by atoms with Gasteiger partial charge in [0, 0.05) is 41.6 Å². The molecule has 1 saturated carbocycles. The highest BCUT2D eigenvalue weighted by atomic mass is 19.4. The molecule has 1 aliphatic carbocycles. The van der Waals surface area contributed by atoms with E-state index in [0.717, 1.165) is 19.0 Å². The molecule has 3 atom stereocenters. The summed E-state index contributed by atoms with van der Waals surface area (Å²) in [4.78, 5) is 21.4. The van der Waals surface area contributed by atoms with Gasteiger partial charge in [0.15, 0.2) is 5.82 Å². The Morgan fingerprint density at radius 3 is 2.65 bits per heavy atom. The van der Waals surface area contributed by atoms with Crippen LogP contribution in [0.4, 0.5) is 38.0 Å². The normalized spacial score (nSPS) is 20.7. The van der Waals surface area contributed by atoms with Gasteiger partial charge in [-0.1, -0.05) is 0 Å². The van der Waals surface area contributed by atoms with Crippen molar-refractivity contribution in [2.45, 2.75) is 64.5 Å². The van der Waals surface area contributed by atoms with Gasteiger partial charge in [-0.2, -0.15) is 28.2 Å². The average Bonchev–Trinajstić information content (AvgIpc) is 3.52. The summed E-state index contributed by atoms with van der Waals surface area (Å²) in [5.74, 6) is -1.81. The summed E-state index contributed by atoms with van der Waals surface area (Å²) in [7, 11) is 0. The maximum Gasteiger partial charge on any atom is 0.417 e. The molecule has 17 heteroatoms. The molecular weight excluding hydrogens is 692 g/mol. The largest absolute Gasteiger partial charge is 0.475 e.